The van der Waals surface area contributed by atoms with Gasteiger partial charge in [0.25, 0.3) is 0 Å². The van der Waals surface area contributed by atoms with Crippen molar-refractivity contribution >= 4 is 26.6 Å². The van der Waals surface area contributed by atoms with Crippen LogP contribution in [0.4, 0.5) is 0 Å². The highest BCUT2D eigenvalue weighted by Crippen LogP contribution is 2.29. The monoisotopic (exact) mass is 438 g/mol. The van der Waals surface area contributed by atoms with E-state index in [0.29, 0.717) is 10.3 Å². The summed E-state index contributed by atoms with van der Waals surface area (Å²) in [6.45, 7) is 6.27. The van der Waals surface area contributed by atoms with Crippen molar-refractivity contribution in [1.29, 1.82) is 0 Å². The molecule has 5 nitrogen and oxygen atoms in total. The van der Waals surface area contributed by atoms with Crippen LogP contribution in [0.25, 0.3) is 10.9 Å². The minimum Gasteiger partial charge on any atom is -0.337 e. The van der Waals surface area contributed by atoms with E-state index in [9.17, 15) is 13.2 Å². The lowest BCUT2D eigenvalue weighted by Crippen LogP contribution is -2.48. The summed E-state index contributed by atoms with van der Waals surface area (Å²) in [4.78, 5) is 15.4. The number of aryl methyl sites for hydroxylation is 1. The lowest BCUT2D eigenvalue weighted by molar-refractivity contribution is -0.137. The van der Waals surface area contributed by atoms with Crippen LogP contribution in [-0.2, 0) is 26.9 Å². The van der Waals surface area contributed by atoms with E-state index in [4.69, 9.17) is 0 Å². The van der Waals surface area contributed by atoms with Gasteiger partial charge in [-0.1, -0.05) is 42.5 Å². The molecule has 1 aromatic heterocycles. The van der Waals surface area contributed by atoms with E-state index >= 15 is 0 Å². The molecule has 2 atom stereocenters. The smallest absolute Gasteiger partial charge is 0.242 e. The molecule has 1 amide bonds. The zero-order valence-corrected chi connectivity index (χ0v) is 19.2. The highest BCUT2D eigenvalue weighted by atomic mass is 32.2. The molecule has 4 rings (SSSR count). The molecule has 6 heteroatoms. The third-order valence-electron chi connectivity index (χ3n) is 6.48. The molecule has 1 aliphatic heterocycles. The second-order valence-corrected chi connectivity index (χ2v) is 10.7. The van der Waals surface area contributed by atoms with E-state index in [2.05, 4.69) is 13.8 Å². The van der Waals surface area contributed by atoms with Gasteiger partial charge < -0.3 is 9.47 Å². The normalized spacial score (nSPS) is 19.6. The van der Waals surface area contributed by atoms with E-state index in [1.54, 1.807) is 10.8 Å². The standard InChI is InChI=1S/C25H30N2O3S/c1-18-9-4-5-12-21(18)17-31(29,30)24-15-26(23-14-7-6-13-22(23)24)16-25(28)27-19(2)10-8-11-20(27)3/h4-7,9,12-15,19-20H,8,10-11,16-17H2,1-3H3. The Balaban J connectivity index is 1.69. The van der Waals surface area contributed by atoms with Crippen LogP contribution in [0.3, 0.4) is 0 Å². The number of hydrogen-bond acceptors (Lipinski definition) is 3. The van der Waals surface area contributed by atoms with Crippen LogP contribution in [0.5, 0.6) is 0 Å². The molecule has 0 bridgehead atoms. The first-order valence-electron chi connectivity index (χ1n) is 10.9. The molecule has 3 aromatic rings. The van der Waals surface area contributed by atoms with Gasteiger partial charge in [0.1, 0.15) is 6.54 Å². The molecule has 1 aliphatic rings. The number of benzene rings is 2. The number of piperidine rings is 1. The van der Waals surface area contributed by atoms with Crippen LogP contribution < -0.4 is 0 Å². The fourth-order valence-electron chi connectivity index (χ4n) is 4.79. The fraction of sp³-hybridized carbons (Fsp3) is 0.400. The van der Waals surface area contributed by atoms with Crippen molar-refractivity contribution in [3.63, 3.8) is 0 Å². The minimum atomic E-state index is -3.57. The maximum Gasteiger partial charge on any atom is 0.242 e. The number of sulfone groups is 1. The lowest BCUT2D eigenvalue weighted by Gasteiger charge is -2.39. The molecule has 2 aromatic carbocycles. The van der Waals surface area contributed by atoms with E-state index in [-0.39, 0.29) is 30.3 Å². The average molecular weight is 439 g/mol. The van der Waals surface area contributed by atoms with E-state index in [1.807, 2.05) is 60.4 Å². The Labute approximate surface area is 184 Å². The van der Waals surface area contributed by atoms with Crippen LogP contribution in [0, 0.1) is 6.92 Å². The zero-order valence-electron chi connectivity index (χ0n) is 18.4. The maximum absolute atomic E-state index is 13.4. The molecule has 2 heterocycles. The van der Waals surface area contributed by atoms with Crippen LogP contribution >= 0.6 is 0 Å². The van der Waals surface area contributed by atoms with Crippen LogP contribution in [-0.4, -0.2) is 35.9 Å². The number of hydrogen-bond donors (Lipinski definition) is 0. The Morgan fingerprint density at radius 1 is 1.00 bits per heavy atom. The Morgan fingerprint density at radius 3 is 2.35 bits per heavy atom. The number of fused-ring (bicyclic) bond motifs is 1. The molecule has 2 unspecified atom stereocenters. The van der Waals surface area contributed by atoms with E-state index in [1.165, 1.54) is 0 Å². The third-order valence-corrected chi connectivity index (χ3v) is 8.17. The summed E-state index contributed by atoms with van der Waals surface area (Å²) in [5, 5.41) is 0.670. The van der Waals surface area contributed by atoms with Crippen LogP contribution in [0.15, 0.2) is 59.6 Å². The predicted molar refractivity (Wildman–Crippen MR) is 124 cm³/mol. The second-order valence-electron chi connectivity index (χ2n) is 8.75. The van der Waals surface area contributed by atoms with Gasteiger partial charge in [0, 0.05) is 29.2 Å². The van der Waals surface area contributed by atoms with Gasteiger partial charge >= 0.3 is 0 Å². The van der Waals surface area contributed by atoms with E-state index < -0.39 is 9.84 Å². The summed E-state index contributed by atoms with van der Waals surface area (Å²) in [6, 6.07) is 15.4. The maximum atomic E-state index is 13.4. The molecule has 164 valence electrons. The number of carbonyl (C=O) groups excluding carboxylic acids is 1. The Morgan fingerprint density at radius 2 is 1.65 bits per heavy atom. The summed E-state index contributed by atoms with van der Waals surface area (Å²) in [5.41, 5.74) is 2.53. The average Bonchev–Trinajstić information content (AvgIpc) is 3.09. The Kier molecular flexibility index (Phi) is 5.93. The second kappa shape index (κ2) is 8.50. The summed E-state index contributed by atoms with van der Waals surface area (Å²) in [7, 11) is -3.57. The van der Waals surface area contributed by atoms with Gasteiger partial charge in [-0.05, 0) is 57.2 Å². The summed E-state index contributed by atoms with van der Waals surface area (Å²) in [5.74, 6) is -0.00902. The van der Waals surface area contributed by atoms with Gasteiger partial charge in [-0.15, -0.1) is 0 Å². The van der Waals surface area contributed by atoms with Crippen molar-refractivity contribution in [3.05, 3.63) is 65.9 Å². The molecule has 0 radical (unpaired) electrons. The van der Waals surface area contributed by atoms with Gasteiger partial charge in [-0.2, -0.15) is 0 Å². The van der Waals surface area contributed by atoms with E-state index in [0.717, 1.165) is 35.9 Å². The molecule has 31 heavy (non-hydrogen) atoms. The summed E-state index contributed by atoms with van der Waals surface area (Å²) >= 11 is 0. The van der Waals surface area contributed by atoms with Gasteiger partial charge in [0.05, 0.1) is 10.6 Å². The Bertz CT molecular complexity index is 1200. The van der Waals surface area contributed by atoms with Gasteiger partial charge in [-0.3, -0.25) is 4.79 Å². The molecule has 1 saturated heterocycles. The topological polar surface area (TPSA) is 59.4 Å². The van der Waals surface area contributed by atoms with Crippen molar-refractivity contribution in [2.75, 3.05) is 0 Å². The summed E-state index contributed by atoms with van der Waals surface area (Å²) < 4.78 is 28.5. The number of carbonyl (C=O) groups is 1. The van der Waals surface area contributed by atoms with Crippen molar-refractivity contribution in [2.24, 2.45) is 0 Å². The van der Waals surface area contributed by atoms with Crippen molar-refractivity contribution < 1.29 is 13.2 Å². The molecule has 1 fully saturated rings. The summed E-state index contributed by atoms with van der Waals surface area (Å²) in [6.07, 6.45) is 4.81. The number of aromatic nitrogens is 1. The third kappa shape index (κ3) is 4.26. The molecule has 0 saturated carbocycles. The quantitative estimate of drug-likeness (QED) is 0.579. The van der Waals surface area contributed by atoms with Crippen LogP contribution in [0.1, 0.15) is 44.2 Å². The fourth-order valence-corrected chi connectivity index (χ4v) is 6.47. The first kappa shape index (κ1) is 21.6. The number of rotatable bonds is 5. The molecule has 0 N–H and O–H groups in total. The van der Waals surface area contributed by atoms with Crippen LogP contribution in [0.2, 0.25) is 0 Å². The zero-order chi connectivity index (χ0) is 22.2. The van der Waals surface area contributed by atoms with Crippen molar-refractivity contribution in [1.82, 2.24) is 9.47 Å². The van der Waals surface area contributed by atoms with Gasteiger partial charge in [-0.25, -0.2) is 8.42 Å². The molecular formula is C25H30N2O3S. The Hall–Kier alpha value is -2.60. The molecule has 0 aliphatic carbocycles. The largest absolute Gasteiger partial charge is 0.337 e. The highest BCUT2D eigenvalue weighted by molar-refractivity contribution is 7.90. The first-order valence-corrected chi connectivity index (χ1v) is 12.6. The van der Waals surface area contributed by atoms with Crippen molar-refractivity contribution in [3.8, 4) is 0 Å². The molecule has 0 spiro atoms. The highest BCUT2D eigenvalue weighted by Gasteiger charge is 2.30. The van der Waals surface area contributed by atoms with Crippen molar-refractivity contribution in [2.45, 2.75) is 69.3 Å². The lowest BCUT2D eigenvalue weighted by atomic mass is 9.97. The number of para-hydroxylation sites is 1. The number of likely N-dealkylation sites (tertiary alicyclic amines) is 1. The SMILES string of the molecule is Cc1ccccc1CS(=O)(=O)c1cn(CC(=O)N2C(C)CCCC2C)c2ccccc12. The number of nitrogens with zero attached hydrogens (tertiary/aromatic N) is 2. The first-order chi connectivity index (χ1) is 14.8. The minimum absolute atomic E-state index is 0.0447. The predicted octanol–water partition coefficient (Wildman–Crippen LogP) is 4.71. The number of amides is 1. The molecular weight excluding hydrogens is 408 g/mol. The van der Waals surface area contributed by atoms with Gasteiger partial charge in [0.2, 0.25) is 5.91 Å². The van der Waals surface area contributed by atoms with Gasteiger partial charge in [0.15, 0.2) is 9.84 Å².